The largest absolute Gasteiger partial charge is 0.434 e. The van der Waals surface area contributed by atoms with Crippen LogP contribution in [0.15, 0.2) is 41.7 Å². The number of rotatable bonds is 6. The molecule has 3 heterocycles. The molecule has 1 saturated carbocycles. The van der Waals surface area contributed by atoms with Gasteiger partial charge in [0, 0.05) is 30.9 Å². The van der Waals surface area contributed by atoms with Crippen LogP contribution in [0.3, 0.4) is 0 Å². The average Bonchev–Trinajstić information content (AvgIpc) is 3.36. The first-order chi connectivity index (χ1) is 17.1. The van der Waals surface area contributed by atoms with Crippen LogP contribution in [-0.4, -0.2) is 38.0 Å². The molecular weight excluding hydrogens is 451 g/mol. The van der Waals surface area contributed by atoms with E-state index in [1.165, 1.54) is 12.5 Å². The van der Waals surface area contributed by atoms with Crippen LogP contribution in [0.2, 0.25) is 0 Å². The van der Waals surface area contributed by atoms with Crippen LogP contribution < -0.4 is 5.32 Å². The number of fused-ring (bicyclic) bond motifs is 1. The van der Waals surface area contributed by atoms with E-state index in [1.807, 2.05) is 26.0 Å². The Morgan fingerprint density at radius 2 is 1.97 bits per heavy atom. The second-order valence-electron chi connectivity index (χ2n) is 10.8. The first kappa shape index (κ1) is 24.2. The summed E-state index contributed by atoms with van der Waals surface area (Å²) in [6.45, 7) is 15.3. The minimum absolute atomic E-state index is 0.120. The summed E-state index contributed by atoms with van der Waals surface area (Å²) >= 11 is 0. The molecule has 2 aromatic heterocycles. The topological polar surface area (TPSA) is 66.1 Å². The summed E-state index contributed by atoms with van der Waals surface area (Å²) in [5.41, 5.74) is 6.34. The Balaban J connectivity index is 1.55. The molecule has 186 valence electrons. The summed E-state index contributed by atoms with van der Waals surface area (Å²) in [5.74, 6) is 1.59. The normalized spacial score (nSPS) is 20.2. The average molecular weight is 486 g/mol. The lowest BCUT2D eigenvalue weighted by atomic mass is 9.80. The second-order valence-corrected chi connectivity index (χ2v) is 10.8. The monoisotopic (exact) mass is 485 g/mol. The third kappa shape index (κ3) is 4.31. The third-order valence-corrected chi connectivity index (χ3v) is 8.22. The summed E-state index contributed by atoms with van der Waals surface area (Å²) in [6, 6.07) is 7.39. The van der Waals surface area contributed by atoms with E-state index in [-0.39, 0.29) is 23.8 Å². The maximum Gasteiger partial charge on any atom is 0.434 e. The van der Waals surface area contributed by atoms with Crippen molar-refractivity contribution in [2.24, 2.45) is 16.3 Å². The molecule has 0 saturated heterocycles. The zero-order valence-electron chi connectivity index (χ0n) is 21.8. The Hall–Kier alpha value is -3.48. The number of halogens is 1. The fourth-order valence-electron chi connectivity index (χ4n) is 5.38. The van der Waals surface area contributed by atoms with Gasteiger partial charge in [-0.25, -0.2) is 8.97 Å². The summed E-state index contributed by atoms with van der Waals surface area (Å²) in [7, 11) is 0. The molecular formula is C29H34FN6+. The molecule has 0 radical (unpaired) electrons. The molecule has 6 nitrogen and oxygen atoms in total. The maximum absolute atomic E-state index is 14.5. The Kier molecular flexibility index (Phi) is 6.18. The summed E-state index contributed by atoms with van der Waals surface area (Å²) in [5, 5.41) is 3.78. The quantitative estimate of drug-likeness (QED) is 0.339. The molecule has 1 aromatic carbocycles. The first-order valence-electron chi connectivity index (χ1n) is 12.6. The lowest BCUT2D eigenvalue weighted by molar-refractivity contribution is -0.457. The number of nitrogens with zero attached hydrogens (tertiary/aromatic N) is 5. The molecule has 2 aliphatic rings. The lowest BCUT2D eigenvalue weighted by Crippen LogP contribution is -2.35. The Morgan fingerprint density at radius 3 is 2.67 bits per heavy atom. The number of aromatic nitrogens is 3. The highest BCUT2D eigenvalue weighted by molar-refractivity contribution is 6.10. The maximum atomic E-state index is 14.5. The molecule has 0 amide bonds. The smallest absolute Gasteiger partial charge is 0.352 e. The SMILES string of the molecule is C=[N+](Cc1c(C)cccc1F)c1nc(C)c(C2=Nc3cnccc3C2)c(NC2CCC(C)C2(C)C)n1. The fourth-order valence-corrected chi connectivity index (χ4v) is 5.38. The van der Waals surface area contributed by atoms with Gasteiger partial charge in [0.1, 0.15) is 11.5 Å². The predicted molar refractivity (Wildman–Crippen MR) is 142 cm³/mol. The number of hydrogen-bond acceptors (Lipinski definition) is 5. The van der Waals surface area contributed by atoms with E-state index in [1.54, 1.807) is 23.0 Å². The number of nitrogens with one attached hydrogen (secondary N) is 1. The standard InChI is InChI=1S/C29H34FN6/c1-17-8-7-9-22(30)21(17)16-36(6)28-32-19(3)26(23-14-20-12-13-31-15-24(20)33-23)27(35-28)34-25-11-10-18(2)29(25,4)5/h7-9,12-13,15,18,25H,6,10-11,14,16H2,1-5H3,(H,32,34,35)/q+1. The molecule has 2 unspecified atom stereocenters. The van der Waals surface area contributed by atoms with Gasteiger partial charge in [0.05, 0.1) is 29.7 Å². The van der Waals surface area contributed by atoms with Gasteiger partial charge in [-0.05, 0) is 66.3 Å². The summed E-state index contributed by atoms with van der Waals surface area (Å²) in [4.78, 5) is 18.9. The van der Waals surface area contributed by atoms with E-state index in [0.29, 0.717) is 23.9 Å². The van der Waals surface area contributed by atoms with Crippen molar-refractivity contribution in [3.63, 3.8) is 0 Å². The highest BCUT2D eigenvalue weighted by Gasteiger charge is 2.42. The van der Waals surface area contributed by atoms with Gasteiger partial charge < -0.3 is 5.32 Å². The Labute approximate surface area is 212 Å². The highest BCUT2D eigenvalue weighted by atomic mass is 19.1. The van der Waals surface area contributed by atoms with Gasteiger partial charge in [0.2, 0.25) is 5.82 Å². The molecule has 5 rings (SSSR count). The number of benzene rings is 1. The number of pyridine rings is 1. The third-order valence-electron chi connectivity index (χ3n) is 8.22. The van der Waals surface area contributed by atoms with E-state index in [9.17, 15) is 4.39 Å². The van der Waals surface area contributed by atoms with Crippen molar-refractivity contribution in [2.45, 2.75) is 66.5 Å². The van der Waals surface area contributed by atoms with E-state index in [2.05, 4.69) is 37.8 Å². The Morgan fingerprint density at radius 1 is 1.17 bits per heavy atom. The van der Waals surface area contributed by atoms with Crippen molar-refractivity contribution >= 4 is 29.9 Å². The van der Waals surface area contributed by atoms with Crippen LogP contribution in [0.5, 0.6) is 0 Å². The van der Waals surface area contributed by atoms with E-state index >= 15 is 0 Å². The molecule has 1 aliphatic heterocycles. The predicted octanol–water partition coefficient (Wildman–Crippen LogP) is 6.09. The summed E-state index contributed by atoms with van der Waals surface area (Å²) in [6.07, 6.45) is 6.56. The minimum Gasteiger partial charge on any atom is -0.352 e. The van der Waals surface area contributed by atoms with Gasteiger partial charge in [-0.2, -0.15) is 0 Å². The summed E-state index contributed by atoms with van der Waals surface area (Å²) < 4.78 is 16.2. The van der Waals surface area contributed by atoms with Gasteiger partial charge >= 0.3 is 5.95 Å². The molecule has 3 aromatic rings. The fraction of sp³-hybridized carbons (Fsp3) is 0.414. The molecule has 2 atom stereocenters. The van der Waals surface area contributed by atoms with Crippen molar-refractivity contribution in [2.75, 3.05) is 5.32 Å². The van der Waals surface area contributed by atoms with Gasteiger partial charge in [0.15, 0.2) is 0 Å². The number of aliphatic imine (C=N–C) groups is 1. The molecule has 0 bridgehead atoms. The van der Waals surface area contributed by atoms with Crippen molar-refractivity contribution < 1.29 is 8.97 Å². The van der Waals surface area contributed by atoms with Crippen LogP contribution in [0.1, 0.15) is 61.6 Å². The van der Waals surface area contributed by atoms with Crippen LogP contribution in [-0.2, 0) is 13.0 Å². The number of anilines is 1. The number of hydrogen-bond donors (Lipinski definition) is 1. The molecule has 36 heavy (non-hydrogen) atoms. The van der Waals surface area contributed by atoms with Crippen LogP contribution in [0.25, 0.3) is 0 Å². The van der Waals surface area contributed by atoms with Crippen molar-refractivity contribution in [3.8, 4) is 0 Å². The van der Waals surface area contributed by atoms with Crippen LogP contribution in [0.4, 0.5) is 21.8 Å². The molecule has 1 aliphatic carbocycles. The number of aryl methyl sites for hydroxylation is 2. The minimum atomic E-state index is -0.247. The lowest BCUT2D eigenvalue weighted by Gasteiger charge is -2.32. The van der Waals surface area contributed by atoms with Gasteiger partial charge in [-0.3, -0.25) is 9.98 Å². The zero-order valence-corrected chi connectivity index (χ0v) is 21.8. The van der Waals surface area contributed by atoms with Crippen LogP contribution >= 0.6 is 0 Å². The van der Waals surface area contributed by atoms with Crippen molar-refractivity contribution in [3.05, 3.63) is 70.4 Å². The van der Waals surface area contributed by atoms with Crippen molar-refractivity contribution in [1.82, 2.24) is 15.0 Å². The molecule has 0 spiro atoms. The van der Waals surface area contributed by atoms with Gasteiger partial charge in [-0.1, -0.05) is 37.9 Å². The molecule has 1 fully saturated rings. The zero-order chi connectivity index (χ0) is 25.6. The van der Waals surface area contributed by atoms with Gasteiger partial charge in [-0.15, -0.1) is 0 Å². The second kappa shape index (κ2) is 9.19. The molecule has 7 heteroatoms. The van der Waals surface area contributed by atoms with E-state index in [0.717, 1.165) is 46.0 Å². The molecule has 1 N–H and O–H groups in total. The van der Waals surface area contributed by atoms with E-state index < -0.39 is 0 Å². The Bertz CT molecular complexity index is 1360. The van der Waals surface area contributed by atoms with E-state index in [4.69, 9.17) is 15.0 Å². The van der Waals surface area contributed by atoms with Gasteiger partial charge in [0.25, 0.3) is 0 Å². The highest BCUT2D eigenvalue weighted by Crippen LogP contribution is 2.44. The van der Waals surface area contributed by atoms with Crippen molar-refractivity contribution in [1.29, 1.82) is 0 Å². The first-order valence-corrected chi connectivity index (χ1v) is 12.6. The van der Waals surface area contributed by atoms with Crippen LogP contribution in [0, 0.1) is 31.0 Å².